The van der Waals surface area contributed by atoms with E-state index in [2.05, 4.69) is 4.98 Å². The van der Waals surface area contributed by atoms with Gasteiger partial charge in [0.05, 0.1) is 16.2 Å². The predicted octanol–water partition coefficient (Wildman–Crippen LogP) is 3.06. The normalized spacial score (nSPS) is 18.2. The Morgan fingerprint density at radius 3 is 2.19 bits per heavy atom. The van der Waals surface area contributed by atoms with Gasteiger partial charge in [-0.3, -0.25) is 4.98 Å². The number of benzene rings is 1. The molecule has 0 bridgehead atoms. The molecule has 0 fully saturated rings. The fraction of sp³-hybridized carbons (Fsp3) is 0.278. The van der Waals surface area contributed by atoms with E-state index in [9.17, 15) is 26.7 Å². The van der Waals surface area contributed by atoms with E-state index in [1.807, 2.05) is 0 Å². The molecule has 0 aliphatic heterocycles. The van der Waals surface area contributed by atoms with Crippen LogP contribution in [0.25, 0.3) is 11.1 Å². The number of nitrogens with zero attached hydrogens (tertiary/aromatic N) is 1. The van der Waals surface area contributed by atoms with E-state index in [1.54, 1.807) is 12.1 Å². The number of halogens is 3. The van der Waals surface area contributed by atoms with E-state index in [0.29, 0.717) is 18.5 Å². The molecule has 5 nitrogen and oxygen atoms in total. The monoisotopic (exact) mass is 398 g/mol. The number of rotatable bonds is 4. The van der Waals surface area contributed by atoms with Gasteiger partial charge in [0.15, 0.2) is 0 Å². The molecule has 0 radical (unpaired) electrons. The predicted molar refractivity (Wildman–Crippen MR) is 93.7 cm³/mol. The first-order chi connectivity index (χ1) is 12.6. The number of hydrogen-bond acceptors (Lipinski definition) is 4. The van der Waals surface area contributed by atoms with Crippen molar-refractivity contribution in [2.75, 3.05) is 6.61 Å². The molecule has 1 aromatic carbocycles. The van der Waals surface area contributed by atoms with Crippen LogP contribution in [0.5, 0.6) is 0 Å². The lowest BCUT2D eigenvalue weighted by molar-refractivity contribution is -0.137. The van der Waals surface area contributed by atoms with Gasteiger partial charge in [0.2, 0.25) is 10.0 Å². The molecule has 1 heterocycles. The third kappa shape index (κ3) is 4.20. The fourth-order valence-corrected chi connectivity index (χ4v) is 3.68. The van der Waals surface area contributed by atoms with E-state index in [0.717, 1.165) is 29.0 Å². The number of alkyl halides is 3. The molecule has 9 heteroatoms. The Bertz CT molecular complexity index is 966. The van der Waals surface area contributed by atoms with Gasteiger partial charge in [-0.25, -0.2) is 13.6 Å². The maximum absolute atomic E-state index is 12.7. The summed E-state index contributed by atoms with van der Waals surface area (Å²) in [4.78, 5) is 3.92. The second kappa shape index (κ2) is 7.06. The fourth-order valence-electron chi connectivity index (χ4n) is 3.16. The Labute approximate surface area is 154 Å². The molecule has 27 heavy (non-hydrogen) atoms. The van der Waals surface area contributed by atoms with Crippen LogP contribution < -0.4 is 5.14 Å². The zero-order chi connectivity index (χ0) is 19.8. The molecule has 144 valence electrons. The van der Waals surface area contributed by atoms with Crippen molar-refractivity contribution in [1.29, 1.82) is 0 Å². The second-order valence-electron chi connectivity index (χ2n) is 6.41. The highest BCUT2D eigenvalue weighted by atomic mass is 32.2. The lowest BCUT2D eigenvalue weighted by Gasteiger charge is -2.10. The van der Waals surface area contributed by atoms with Crippen LogP contribution in [-0.4, -0.2) is 25.1 Å². The maximum Gasteiger partial charge on any atom is 0.417 e. The first-order valence-corrected chi connectivity index (χ1v) is 9.64. The molecular formula is C18H17F3N2O3S. The Morgan fingerprint density at radius 2 is 1.70 bits per heavy atom. The summed E-state index contributed by atoms with van der Waals surface area (Å²) < 4.78 is 61.0. The van der Waals surface area contributed by atoms with Gasteiger partial charge >= 0.3 is 6.18 Å². The largest absolute Gasteiger partial charge is 0.417 e. The summed E-state index contributed by atoms with van der Waals surface area (Å²) in [6.07, 6.45) is -2.68. The number of aliphatic hydroxyl groups excluding tert-OH is 1. The van der Waals surface area contributed by atoms with Crippen molar-refractivity contribution in [3.05, 3.63) is 59.4 Å². The van der Waals surface area contributed by atoms with Crippen molar-refractivity contribution in [3.63, 3.8) is 0 Å². The van der Waals surface area contributed by atoms with Crippen LogP contribution in [0.1, 0.15) is 29.7 Å². The van der Waals surface area contributed by atoms with Crippen molar-refractivity contribution in [1.82, 2.24) is 4.98 Å². The Kier molecular flexibility index (Phi) is 5.11. The van der Waals surface area contributed by atoms with E-state index >= 15 is 0 Å². The minimum absolute atomic E-state index is 0.0299. The minimum atomic E-state index is -4.46. The van der Waals surface area contributed by atoms with Gasteiger partial charge in [-0.2, -0.15) is 13.2 Å². The molecular weight excluding hydrogens is 381 g/mol. The summed E-state index contributed by atoms with van der Waals surface area (Å²) in [7, 11) is -3.82. The van der Waals surface area contributed by atoms with Crippen LogP contribution in [0.4, 0.5) is 13.2 Å². The first kappa shape index (κ1) is 19.5. The third-order valence-electron chi connectivity index (χ3n) is 4.54. The van der Waals surface area contributed by atoms with Crippen molar-refractivity contribution in [2.45, 2.75) is 23.9 Å². The number of hydrogen-bond donors (Lipinski definition) is 2. The Balaban J connectivity index is 2.01. The number of pyridine rings is 1. The van der Waals surface area contributed by atoms with E-state index in [4.69, 9.17) is 5.14 Å². The van der Waals surface area contributed by atoms with Crippen LogP contribution in [0.15, 0.2) is 47.5 Å². The number of nitrogens with two attached hydrogens (primary N) is 1. The van der Waals surface area contributed by atoms with E-state index in [1.165, 1.54) is 18.2 Å². The Hall–Kier alpha value is -2.23. The minimum Gasteiger partial charge on any atom is -0.396 e. The summed E-state index contributed by atoms with van der Waals surface area (Å²) in [6, 6.07) is 8.24. The van der Waals surface area contributed by atoms with Crippen LogP contribution in [0.3, 0.4) is 0 Å². The summed E-state index contributed by atoms with van der Waals surface area (Å²) in [6.45, 7) is -0.0666. The topological polar surface area (TPSA) is 93.3 Å². The van der Waals surface area contributed by atoms with Crippen LogP contribution in [0.2, 0.25) is 0 Å². The molecule has 0 saturated heterocycles. The van der Waals surface area contributed by atoms with Crippen molar-refractivity contribution in [3.8, 4) is 0 Å². The van der Waals surface area contributed by atoms with Crippen LogP contribution in [0, 0.1) is 5.92 Å². The zero-order valence-corrected chi connectivity index (χ0v) is 14.9. The number of primary sulfonamides is 1. The van der Waals surface area contributed by atoms with E-state index < -0.39 is 21.8 Å². The van der Waals surface area contributed by atoms with Gasteiger partial charge in [-0.1, -0.05) is 12.1 Å². The average molecular weight is 398 g/mol. The third-order valence-corrected chi connectivity index (χ3v) is 5.47. The number of allylic oxidation sites excluding steroid dienone is 2. The summed E-state index contributed by atoms with van der Waals surface area (Å²) in [5, 5.41) is 14.6. The van der Waals surface area contributed by atoms with Crippen molar-refractivity contribution >= 4 is 21.2 Å². The highest BCUT2D eigenvalue weighted by molar-refractivity contribution is 7.89. The van der Waals surface area contributed by atoms with Crippen LogP contribution >= 0.6 is 0 Å². The van der Waals surface area contributed by atoms with Crippen molar-refractivity contribution < 1.29 is 26.7 Å². The Morgan fingerprint density at radius 1 is 1.07 bits per heavy atom. The molecule has 1 atom stereocenters. The smallest absolute Gasteiger partial charge is 0.396 e. The molecule has 0 spiro atoms. The molecule has 3 N–H and O–H groups in total. The highest BCUT2D eigenvalue weighted by Crippen LogP contribution is 2.42. The van der Waals surface area contributed by atoms with E-state index in [-0.39, 0.29) is 17.4 Å². The average Bonchev–Trinajstić information content (AvgIpc) is 3.05. The van der Waals surface area contributed by atoms with Gasteiger partial charge in [-0.05, 0) is 59.7 Å². The molecule has 1 aliphatic carbocycles. The van der Waals surface area contributed by atoms with Crippen molar-refractivity contribution in [2.24, 2.45) is 11.1 Å². The highest BCUT2D eigenvalue weighted by Gasteiger charge is 2.32. The number of aromatic nitrogens is 1. The standard InChI is InChI=1S/C18H17F3N2O3S/c19-18(20,21)13-3-6-17(23-9-13)16-8-11(10-24)7-15(16)12-1-4-14(5-2-12)27(22,25)26/h1-6,9,11,24H,7-8,10H2,(H2,22,25,26). The first-order valence-electron chi connectivity index (χ1n) is 8.09. The molecule has 1 aliphatic rings. The molecule has 1 unspecified atom stereocenters. The second-order valence-corrected chi connectivity index (χ2v) is 7.97. The number of sulfonamides is 1. The van der Waals surface area contributed by atoms with Gasteiger partial charge in [0.25, 0.3) is 0 Å². The number of aliphatic hydroxyl groups is 1. The van der Waals surface area contributed by atoms with Gasteiger partial charge < -0.3 is 5.11 Å². The lowest BCUT2D eigenvalue weighted by atomic mass is 9.99. The molecule has 1 aromatic heterocycles. The quantitative estimate of drug-likeness (QED) is 0.828. The molecule has 0 amide bonds. The summed E-state index contributed by atoms with van der Waals surface area (Å²) in [5.74, 6) is -0.0722. The van der Waals surface area contributed by atoms with Gasteiger partial charge in [-0.15, -0.1) is 0 Å². The lowest BCUT2D eigenvalue weighted by Crippen LogP contribution is -2.11. The van der Waals surface area contributed by atoms with Gasteiger partial charge in [0, 0.05) is 12.8 Å². The SMILES string of the molecule is NS(=O)(=O)c1ccc(C2=C(c3ccc(C(F)(F)F)cn3)CC(CO)C2)cc1. The summed E-state index contributed by atoms with van der Waals surface area (Å²) in [5.41, 5.74) is 1.86. The zero-order valence-electron chi connectivity index (χ0n) is 14.1. The van der Waals surface area contributed by atoms with Crippen LogP contribution in [-0.2, 0) is 16.2 Å². The molecule has 2 aromatic rings. The molecule has 0 saturated carbocycles. The molecule has 3 rings (SSSR count). The maximum atomic E-state index is 12.7. The summed E-state index contributed by atoms with van der Waals surface area (Å²) >= 11 is 0. The van der Waals surface area contributed by atoms with Gasteiger partial charge in [0.1, 0.15) is 0 Å².